The molecule has 0 spiro atoms. The maximum Gasteiger partial charge on any atom is 0.254 e. The minimum Gasteiger partial charge on any atom is -0.333 e. The van der Waals surface area contributed by atoms with Gasteiger partial charge in [0, 0.05) is 37.3 Å². The fourth-order valence-electron chi connectivity index (χ4n) is 2.87. The van der Waals surface area contributed by atoms with E-state index in [1.165, 1.54) is 0 Å². The summed E-state index contributed by atoms with van der Waals surface area (Å²) in [6.45, 7) is 11.7. The number of carbonyl (C=O) groups is 1. The standard InChI is InChI=1S/C17H26N2O/c1-13(2)16-12-18(14(3)4)10-11-19(16)17(20)15-8-6-5-7-9-15/h5-9,13-14,16H,10-12H2,1-4H3. The largest absolute Gasteiger partial charge is 0.333 e. The first-order chi connectivity index (χ1) is 9.50. The average molecular weight is 274 g/mol. The molecule has 0 aromatic heterocycles. The van der Waals surface area contributed by atoms with E-state index in [9.17, 15) is 4.79 Å². The van der Waals surface area contributed by atoms with E-state index in [4.69, 9.17) is 0 Å². The fourth-order valence-corrected chi connectivity index (χ4v) is 2.87. The van der Waals surface area contributed by atoms with Gasteiger partial charge in [0.15, 0.2) is 0 Å². The second-order valence-corrected chi connectivity index (χ2v) is 6.26. The first-order valence-corrected chi connectivity index (χ1v) is 7.60. The predicted octanol–water partition coefficient (Wildman–Crippen LogP) is 2.88. The van der Waals surface area contributed by atoms with Crippen LogP contribution in [0.25, 0.3) is 0 Å². The Morgan fingerprint density at radius 2 is 1.75 bits per heavy atom. The Bertz CT molecular complexity index is 442. The van der Waals surface area contributed by atoms with Gasteiger partial charge in [0.1, 0.15) is 0 Å². The second kappa shape index (κ2) is 6.40. The number of nitrogens with zero attached hydrogens (tertiary/aromatic N) is 2. The molecule has 3 nitrogen and oxygen atoms in total. The zero-order valence-electron chi connectivity index (χ0n) is 13.0. The van der Waals surface area contributed by atoms with Crippen molar-refractivity contribution in [2.45, 2.75) is 39.8 Å². The Kier molecular flexibility index (Phi) is 4.81. The average Bonchev–Trinajstić information content (AvgIpc) is 2.46. The molecule has 0 aliphatic carbocycles. The van der Waals surface area contributed by atoms with E-state index in [-0.39, 0.29) is 5.91 Å². The number of carbonyl (C=O) groups excluding carboxylic acids is 1. The van der Waals surface area contributed by atoms with Crippen LogP contribution in [-0.2, 0) is 0 Å². The zero-order chi connectivity index (χ0) is 14.7. The van der Waals surface area contributed by atoms with Gasteiger partial charge in [0.2, 0.25) is 0 Å². The van der Waals surface area contributed by atoms with Crippen molar-refractivity contribution in [1.29, 1.82) is 0 Å². The van der Waals surface area contributed by atoms with E-state index in [0.717, 1.165) is 25.2 Å². The van der Waals surface area contributed by atoms with Crippen LogP contribution in [0.15, 0.2) is 30.3 Å². The summed E-state index contributed by atoms with van der Waals surface area (Å²) in [5, 5.41) is 0. The van der Waals surface area contributed by atoms with Crippen LogP contribution >= 0.6 is 0 Å². The predicted molar refractivity (Wildman–Crippen MR) is 82.8 cm³/mol. The minimum absolute atomic E-state index is 0.174. The van der Waals surface area contributed by atoms with Crippen molar-refractivity contribution in [1.82, 2.24) is 9.80 Å². The molecule has 1 unspecified atom stereocenters. The molecule has 0 radical (unpaired) electrons. The molecule has 20 heavy (non-hydrogen) atoms. The Hall–Kier alpha value is -1.35. The van der Waals surface area contributed by atoms with Gasteiger partial charge in [-0.25, -0.2) is 0 Å². The first-order valence-electron chi connectivity index (χ1n) is 7.60. The van der Waals surface area contributed by atoms with Crippen molar-refractivity contribution in [2.24, 2.45) is 5.92 Å². The molecule has 3 heteroatoms. The molecule has 0 saturated carbocycles. The summed E-state index contributed by atoms with van der Waals surface area (Å²) in [6, 6.07) is 10.5. The van der Waals surface area contributed by atoms with Gasteiger partial charge in [-0.2, -0.15) is 0 Å². The van der Waals surface area contributed by atoms with Crippen molar-refractivity contribution < 1.29 is 4.79 Å². The lowest BCUT2D eigenvalue weighted by atomic mass is 9.97. The molecule has 0 bridgehead atoms. The SMILES string of the molecule is CC(C)C1CN(C(C)C)CCN1C(=O)c1ccccc1. The molecule has 2 rings (SSSR count). The van der Waals surface area contributed by atoms with Gasteiger partial charge in [-0.1, -0.05) is 32.0 Å². The summed E-state index contributed by atoms with van der Waals surface area (Å²) < 4.78 is 0. The third-order valence-electron chi connectivity index (χ3n) is 4.23. The third kappa shape index (κ3) is 3.21. The molecule has 1 fully saturated rings. The Morgan fingerprint density at radius 1 is 1.10 bits per heavy atom. The summed E-state index contributed by atoms with van der Waals surface area (Å²) in [4.78, 5) is 17.2. The molecule has 1 atom stereocenters. The molecule has 0 N–H and O–H groups in total. The molecule has 1 aromatic rings. The number of benzene rings is 1. The molecule has 1 saturated heterocycles. The number of hydrogen-bond donors (Lipinski definition) is 0. The number of rotatable bonds is 3. The van der Waals surface area contributed by atoms with Crippen LogP contribution < -0.4 is 0 Å². The number of piperazine rings is 1. The van der Waals surface area contributed by atoms with Crippen molar-refractivity contribution in [3.05, 3.63) is 35.9 Å². The van der Waals surface area contributed by atoms with Crippen molar-refractivity contribution >= 4 is 5.91 Å². The molecular formula is C17H26N2O. The third-order valence-corrected chi connectivity index (χ3v) is 4.23. The highest BCUT2D eigenvalue weighted by molar-refractivity contribution is 5.94. The summed E-state index contributed by atoms with van der Waals surface area (Å²) in [6.07, 6.45) is 0. The Balaban J connectivity index is 2.16. The van der Waals surface area contributed by atoms with Gasteiger partial charge in [-0.3, -0.25) is 9.69 Å². The maximum absolute atomic E-state index is 12.7. The Morgan fingerprint density at radius 3 is 2.30 bits per heavy atom. The molecule has 1 amide bonds. The lowest BCUT2D eigenvalue weighted by Crippen LogP contribution is -2.58. The van der Waals surface area contributed by atoms with Gasteiger partial charge < -0.3 is 4.90 Å². The molecule has 1 aromatic carbocycles. The highest BCUT2D eigenvalue weighted by Gasteiger charge is 2.33. The van der Waals surface area contributed by atoms with Crippen LogP contribution in [0, 0.1) is 5.92 Å². The van der Waals surface area contributed by atoms with Crippen LogP contribution in [0.5, 0.6) is 0 Å². The summed E-state index contributed by atoms with van der Waals surface area (Å²) in [5.41, 5.74) is 0.802. The van der Waals surface area contributed by atoms with Gasteiger partial charge in [0.05, 0.1) is 0 Å². The lowest BCUT2D eigenvalue weighted by Gasteiger charge is -2.45. The van der Waals surface area contributed by atoms with Crippen molar-refractivity contribution in [2.75, 3.05) is 19.6 Å². The number of hydrogen-bond acceptors (Lipinski definition) is 2. The fraction of sp³-hybridized carbons (Fsp3) is 0.588. The summed E-state index contributed by atoms with van der Waals surface area (Å²) >= 11 is 0. The van der Waals surface area contributed by atoms with E-state index < -0.39 is 0 Å². The lowest BCUT2D eigenvalue weighted by molar-refractivity contribution is 0.0270. The van der Waals surface area contributed by atoms with E-state index in [1.54, 1.807) is 0 Å². The quantitative estimate of drug-likeness (QED) is 0.846. The monoisotopic (exact) mass is 274 g/mol. The summed E-state index contributed by atoms with van der Waals surface area (Å²) in [7, 11) is 0. The van der Waals surface area contributed by atoms with E-state index in [2.05, 4.69) is 37.5 Å². The van der Waals surface area contributed by atoms with Crippen LogP contribution in [0.4, 0.5) is 0 Å². The second-order valence-electron chi connectivity index (χ2n) is 6.26. The van der Waals surface area contributed by atoms with Crippen LogP contribution in [0.1, 0.15) is 38.1 Å². The van der Waals surface area contributed by atoms with Gasteiger partial charge in [-0.15, -0.1) is 0 Å². The molecule has 1 aliphatic heterocycles. The number of amides is 1. The summed E-state index contributed by atoms with van der Waals surface area (Å²) in [5.74, 6) is 0.650. The molecule has 1 heterocycles. The van der Waals surface area contributed by atoms with Gasteiger partial charge in [0.25, 0.3) is 5.91 Å². The van der Waals surface area contributed by atoms with Gasteiger partial charge in [-0.05, 0) is 31.9 Å². The zero-order valence-corrected chi connectivity index (χ0v) is 13.0. The highest BCUT2D eigenvalue weighted by Crippen LogP contribution is 2.21. The van der Waals surface area contributed by atoms with Crippen LogP contribution in [0.3, 0.4) is 0 Å². The van der Waals surface area contributed by atoms with Crippen LogP contribution in [-0.4, -0.2) is 47.4 Å². The van der Waals surface area contributed by atoms with Gasteiger partial charge >= 0.3 is 0 Å². The topological polar surface area (TPSA) is 23.6 Å². The molecule has 110 valence electrons. The van der Waals surface area contributed by atoms with Crippen molar-refractivity contribution in [3.63, 3.8) is 0 Å². The smallest absolute Gasteiger partial charge is 0.254 e. The molecule has 1 aliphatic rings. The Labute approximate surface area is 122 Å². The van der Waals surface area contributed by atoms with E-state index in [1.807, 2.05) is 30.3 Å². The maximum atomic E-state index is 12.7. The van der Waals surface area contributed by atoms with Crippen molar-refractivity contribution in [3.8, 4) is 0 Å². The van der Waals surface area contributed by atoms with E-state index >= 15 is 0 Å². The van der Waals surface area contributed by atoms with Crippen LogP contribution in [0.2, 0.25) is 0 Å². The van der Waals surface area contributed by atoms with E-state index in [0.29, 0.717) is 18.0 Å². The minimum atomic E-state index is 0.174. The molecular weight excluding hydrogens is 248 g/mol. The normalized spacial score (nSPS) is 20.7. The highest BCUT2D eigenvalue weighted by atomic mass is 16.2. The first kappa shape index (κ1) is 15.0.